The number of hydrogen-bond donors (Lipinski definition) is 0. The van der Waals surface area contributed by atoms with Gasteiger partial charge in [-0.1, -0.05) is 30.9 Å². The predicted octanol–water partition coefficient (Wildman–Crippen LogP) is 3.43. The molecule has 0 spiro atoms. The average Bonchev–Trinajstić information content (AvgIpc) is 2.78. The molecule has 2 aromatic rings. The first-order chi connectivity index (χ1) is 9.47. The van der Waals surface area contributed by atoms with E-state index in [9.17, 15) is 13.2 Å². The Hall–Kier alpha value is -0.550. The van der Waals surface area contributed by atoms with Crippen molar-refractivity contribution < 1.29 is 30.2 Å². The molecule has 0 N–H and O–H groups in total. The monoisotopic (exact) mass is 378 g/mol. The topological polar surface area (TPSA) is 0 Å². The molecule has 0 nitrogen and oxygen atoms in total. The van der Waals surface area contributed by atoms with Crippen LogP contribution in [0.15, 0.2) is 24.3 Å². The van der Waals surface area contributed by atoms with Gasteiger partial charge in [-0.15, -0.1) is 13.2 Å². The molecular weight excluding hydrogens is 361 g/mol. The number of hydrogen-bond acceptors (Lipinski definition) is 0. The molecule has 1 aromatic heterocycles. The highest BCUT2D eigenvalue weighted by Gasteiger charge is 2.49. The molecule has 1 saturated carbocycles. The summed E-state index contributed by atoms with van der Waals surface area (Å²) in [5.41, 5.74) is -3.13. The molecule has 1 aromatic carbocycles. The first kappa shape index (κ1) is 16.8. The van der Waals surface area contributed by atoms with Gasteiger partial charge in [-0.2, -0.15) is 0 Å². The largest absolute Gasteiger partial charge is 1.00 e. The lowest BCUT2D eigenvalue weighted by atomic mass is 9.88. The van der Waals surface area contributed by atoms with Gasteiger partial charge in [-0.25, -0.2) is 0 Å². The second kappa shape index (κ2) is 6.29. The molecule has 5 heteroatoms. The van der Waals surface area contributed by atoms with Crippen molar-refractivity contribution in [2.75, 3.05) is 0 Å². The molecule has 0 aliphatic heterocycles. The minimum Gasteiger partial charge on any atom is -1.00 e. The number of fused-ring (bicyclic) bond motifs is 1. The predicted molar refractivity (Wildman–Crippen MR) is 78.3 cm³/mol. The number of halogens is 4. The van der Waals surface area contributed by atoms with Crippen LogP contribution >= 0.6 is 10.5 Å². The zero-order valence-electron chi connectivity index (χ0n) is 11.8. The zero-order chi connectivity index (χ0) is 14.3. The Balaban J connectivity index is 0.00000161. The maximum atomic E-state index is 13.5. The van der Waals surface area contributed by atoms with E-state index in [0.717, 1.165) is 43.1 Å². The molecule has 0 saturated heterocycles. The quantitative estimate of drug-likeness (QED) is 0.667. The van der Waals surface area contributed by atoms with Crippen LogP contribution in [0.4, 0.5) is 13.2 Å². The van der Waals surface area contributed by atoms with Crippen molar-refractivity contribution in [2.45, 2.75) is 50.5 Å². The van der Waals surface area contributed by atoms with Gasteiger partial charge in [0.05, 0.1) is 10.5 Å². The van der Waals surface area contributed by atoms with Crippen LogP contribution in [-0.4, -0.2) is 0 Å². The molecule has 1 aliphatic rings. The van der Waals surface area contributed by atoms with E-state index in [1.54, 1.807) is 12.1 Å². The molecule has 0 bridgehead atoms. The Kier molecular flexibility index (Phi) is 5.03. The summed E-state index contributed by atoms with van der Waals surface area (Å²) < 4.78 is 41.0. The first-order valence-corrected chi connectivity index (χ1v) is 8.32. The second-order valence-corrected chi connectivity index (χ2v) is 7.66. The molecule has 1 heterocycles. The van der Waals surface area contributed by atoms with Gasteiger partial charge in [-0.3, -0.25) is 0 Å². The van der Waals surface area contributed by atoms with Gasteiger partial charge in [0.25, 0.3) is 0 Å². The third kappa shape index (κ3) is 3.29. The van der Waals surface area contributed by atoms with Crippen LogP contribution in [0.2, 0.25) is 0 Å². The molecule has 21 heavy (non-hydrogen) atoms. The highest BCUT2D eigenvalue weighted by atomic mass is 79.9. The molecule has 0 amide bonds. The van der Waals surface area contributed by atoms with Crippen LogP contribution in [0.5, 0.6) is 0 Å². The Morgan fingerprint density at radius 3 is 2.33 bits per heavy atom. The molecule has 3 rings (SSSR count). The Morgan fingerprint density at radius 2 is 1.71 bits per heavy atom. The van der Waals surface area contributed by atoms with Gasteiger partial charge in [0.2, 0.25) is 0 Å². The highest BCUT2D eigenvalue weighted by molar-refractivity contribution is 7.38. The number of benzene rings is 1. The summed E-state index contributed by atoms with van der Waals surface area (Å²) in [5.74, 6) is 0.126. The van der Waals surface area contributed by atoms with E-state index >= 15 is 0 Å². The van der Waals surface area contributed by atoms with Gasteiger partial charge in [0.15, 0.2) is 9.58 Å². The average molecular weight is 379 g/mol. The summed E-state index contributed by atoms with van der Waals surface area (Å²) in [6.07, 6.45) is 5.12. The maximum Gasteiger partial charge on any atom is 0.600 e. The van der Waals surface area contributed by atoms with Crippen LogP contribution in [0, 0.1) is 6.92 Å². The van der Waals surface area contributed by atoms with E-state index in [1.807, 2.05) is 19.1 Å². The van der Waals surface area contributed by atoms with Crippen molar-refractivity contribution in [3.63, 3.8) is 0 Å². The van der Waals surface area contributed by atoms with Crippen molar-refractivity contribution >= 4 is 20.6 Å². The van der Waals surface area contributed by atoms with Gasteiger partial charge in [0, 0.05) is 17.4 Å². The first-order valence-electron chi connectivity index (χ1n) is 7.10. The minimum absolute atomic E-state index is 0. The zero-order valence-corrected chi connectivity index (χ0v) is 14.2. The minimum atomic E-state index is -4.15. The summed E-state index contributed by atoms with van der Waals surface area (Å²) in [7, 11) is -1.70. The Labute approximate surface area is 136 Å². The smallest absolute Gasteiger partial charge is 0.600 e. The summed E-state index contributed by atoms with van der Waals surface area (Å²) in [6, 6.07) is 7.18. The fraction of sp³-hybridized carbons (Fsp3) is 0.500. The van der Waals surface area contributed by atoms with E-state index in [4.69, 9.17) is 0 Å². The van der Waals surface area contributed by atoms with E-state index < -0.39 is 16.0 Å². The van der Waals surface area contributed by atoms with Crippen molar-refractivity contribution in [2.24, 2.45) is 0 Å². The maximum absolute atomic E-state index is 13.5. The van der Waals surface area contributed by atoms with E-state index in [0.29, 0.717) is 9.58 Å². The van der Waals surface area contributed by atoms with Crippen molar-refractivity contribution in [3.05, 3.63) is 34.7 Å². The van der Waals surface area contributed by atoms with Crippen LogP contribution in [0.3, 0.4) is 0 Å². The lowest BCUT2D eigenvalue weighted by Crippen LogP contribution is -3.00. The van der Waals surface area contributed by atoms with E-state index in [2.05, 4.69) is 0 Å². The van der Waals surface area contributed by atoms with Gasteiger partial charge in [-0.05, 0) is 31.9 Å². The van der Waals surface area contributed by atoms with Crippen LogP contribution in [0.1, 0.15) is 48.5 Å². The van der Waals surface area contributed by atoms with Crippen molar-refractivity contribution in [1.29, 1.82) is 0 Å². The summed E-state index contributed by atoms with van der Waals surface area (Å²) in [4.78, 5) is 0.637. The summed E-state index contributed by atoms with van der Waals surface area (Å²) in [5, 5.41) is 0.784. The molecule has 1 atom stereocenters. The summed E-state index contributed by atoms with van der Waals surface area (Å²) in [6.45, 7) is 1.93. The van der Waals surface area contributed by atoms with E-state index in [1.165, 1.54) is 0 Å². The third-order valence-corrected chi connectivity index (χ3v) is 6.35. The Bertz CT molecular complexity index is 624. The SMILES string of the molecule is Cc1ccc2c(c1)cc(C1CCCCC1)[s+]2C(F)(F)F.[Br-]. The van der Waals surface area contributed by atoms with Gasteiger partial charge in [0.1, 0.15) is 0 Å². The van der Waals surface area contributed by atoms with E-state index in [-0.39, 0.29) is 22.9 Å². The second-order valence-electron chi connectivity index (χ2n) is 5.67. The van der Waals surface area contributed by atoms with Crippen LogP contribution in [0.25, 0.3) is 10.1 Å². The fourth-order valence-electron chi connectivity index (χ4n) is 3.24. The Morgan fingerprint density at radius 1 is 1.05 bits per heavy atom. The summed E-state index contributed by atoms with van der Waals surface area (Å²) >= 11 is 0. The van der Waals surface area contributed by atoms with Crippen LogP contribution < -0.4 is 17.0 Å². The number of rotatable bonds is 1. The molecular formula is C16H18BrF3S. The number of thiophene rings is 1. The normalized spacial score (nSPS) is 17.8. The highest BCUT2D eigenvalue weighted by Crippen LogP contribution is 2.55. The van der Waals surface area contributed by atoms with Crippen molar-refractivity contribution in [1.82, 2.24) is 0 Å². The molecule has 116 valence electrons. The molecule has 1 fully saturated rings. The molecule has 1 aliphatic carbocycles. The standard InChI is InChI=1S/C16H18F3S.BrH/c1-11-7-8-14-13(9-11)10-15(20(14)16(17,18)19)12-5-3-2-4-6-12;/h7-10,12H,2-6H2,1H3;1H/q+1;/p-1. The molecule has 0 radical (unpaired) electrons. The third-order valence-electron chi connectivity index (χ3n) is 4.16. The number of aryl methyl sites for hydroxylation is 1. The lowest BCUT2D eigenvalue weighted by Gasteiger charge is -2.18. The van der Waals surface area contributed by atoms with Gasteiger partial charge < -0.3 is 17.0 Å². The van der Waals surface area contributed by atoms with Crippen LogP contribution in [-0.2, 0) is 5.51 Å². The van der Waals surface area contributed by atoms with Crippen molar-refractivity contribution in [3.8, 4) is 0 Å². The number of alkyl halides is 3. The fourth-order valence-corrected chi connectivity index (χ4v) is 5.38. The molecule has 1 unspecified atom stereocenters. The lowest BCUT2D eigenvalue weighted by molar-refractivity contribution is -0.0868. The van der Waals surface area contributed by atoms with Gasteiger partial charge >= 0.3 is 5.51 Å².